The molecule has 0 saturated carbocycles. The van der Waals surface area contributed by atoms with E-state index in [2.05, 4.69) is 5.16 Å². The molecule has 2 rings (SSSR count). The molecule has 0 N–H and O–H groups in total. The van der Waals surface area contributed by atoms with Crippen molar-refractivity contribution in [3.05, 3.63) is 41.7 Å². The van der Waals surface area contributed by atoms with Crippen molar-refractivity contribution in [1.82, 2.24) is 5.16 Å². The Balaban J connectivity index is 2.63. The number of nitrogens with zero attached hydrogens (tertiary/aromatic N) is 2. The molecule has 0 saturated heterocycles. The fraction of sp³-hybridized carbons (Fsp3) is 0. The molecule has 0 radical (unpaired) electrons. The Morgan fingerprint density at radius 3 is 2.87 bits per heavy atom. The third-order valence-corrected chi connectivity index (χ3v) is 2.01. The van der Waals surface area contributed by atoms with Gasteiger partial charge in [0.1, 0.15) is 18.2 Å². The molecule has 2 aromatic rings. The van der Waals surface area contributed by atoms with E-state index in [1.54, 1.807) is 24.3 Å². The molecule has 0 amide bonds. The zero-order chi connectivity index (χ0) is 10.7. The summed E-state index contributed by atoms with van der Waals surface area (Å²) < 4.78 is 4.69. The van der Waals surface area contributed by atoms with Crippen LogP contribution in [0.25, 0.3) is 11.3 Å². The van der Waals surface area contributed by atoms with Crippen LogP contribution in [0.1, 0.15) is 15.9 Å². The summed E-state index contributed by atoms with van der Waals surface area (Å²) in [5, 5.41) is 12.6. The molecule has 0 atom stereocenters. The number of benzene rings is 1. The van der Waals surface area contributed by atoms with Gasteiger partial charge in [-0.3, -0.25) is 4.79 Å². The van der Waals surface area contributed by atoms with Crippen LogP contribution in [0.3, 0.4) is 0 Å². The van der Waals surface area contributed by atoms with Gasteiger partial charge in [-0.1, -0.05) is 11.2 Å². The van der Waals surface area contributed by atoms with Crippen LogP contribution >= 0.6 is 0 Å². The summed E-state index contributed by atoms with van der Waals surface area (Å²) in [6.07, 6.45) is 2.15. The first kappa shape index (κ1) is 9.16. The molecular weight excluding hydrogens is 192 g/mol. The second-order valence-electron chi connectivity index (χ2n) is 2.92. The monoisotopic (exact) mass is 198 g/mol. The Labute approximate surface area is 85.7 Å². The highest BCUT2D eigenvalue weighted by atomic mass is 16.5. The Hall–Kier alpha value is -2.41. The summed E-state index contributed by atoms with van der Waals surface area (Å²) in [4.78, 5) is 10.6. The van der Waals surface area contributed by atoms with E-state index in [1.807, 2.05) is 6.07 Å². The molecule has 15 heavy (non-hydrogen) atoms. The van der Waals surface area contributed by atoms with E-state index in [-0.39, 0.29) is 0 Å². The van der Waals surface area contributed by atoms with Crippen molar-refractivity contribution in [3.63, 3.8) is 0 Å². The highest BCUT2D eigenvalue weighted by Crippen LogP contribution is 2.22. The van der Waals surface area contributed by atoms with Gasteiger partial charge in [0, 0.05) is 17.2 Å². The lowest BCUT2D eigenvalue weighted by Gasteiger charge is -1.99. The third-order valence-electron chi connectivity index (χ3n) is 2.01. The standard InChI is InChI=1S/C11H6N2O2/c12-6-9-2-1-8(7-14)5-10(9)11-3-4-15-13-11/h1-5,7H. The van der Waals surface area contributed by atoms with Crippen LogP contribution < -0.4 is 0 Å². The maximum Gasteiger partial charge on any atom is 0.150 e. The maximum absolute atomic E-state index is 10.6. The summed E-state index contributed by atoms with van der Waals surface area (Å²) in [6.45, 7) is 0. The van der Waals surface area contributed by atoms with Crippen molar-refractivity contribution in [2.24, 2.45) is 0 Å². The topological polar surface area (TPSA) is 66.9 Å². The quantitative estimate of drug-likeness (QED) is 0.692. The molecule has 1 aromatic heterocycles. The minimum Gasteiger partial charge on any atom is -0.364 e. The first-order chi connectivity index (χ1) is 7.35. The maximum atomic E-state index is 10.6. The van der Waals surface area contributed by atoms with E-state index in [0.717, 1.165) is 6.29 Å². The molecule has 1 heterocycles. The zero-order valence-electron chi connectivity index (χ0n) is 7.68. The second kappa shape index (κ2) is 3.76. The smallest absolute Gasteiger partial charge is 0.150 e. The number of rotatable bonds is 2. The second-order valence-corrected chi connectivity index (χ2v) is 2.92. The Morgan fingerprint density at radius 1 is 1.40 bits per heavy atom. The average Bonchev–Trinajstić information content (AvgIpc) is 2.81. The number of nitriles is 1. The molecular formula is C11H6N2O2. The molecule has 72 valence electrons. The number of carbonyl (C=O) groups is 1. The van der Waals surface area contributed by atoms with Crippen LogP contribution in [-0.4, -0.2) is 11.4 Å². The van der Waals surface area contributed by atoms with E-state index in [0.29, 0.717) is 22.4 Å². The predicted molar refractivity (Wildman–Crippen MR) is 52.0 cm³/mol. The summed E-state index contributed by atoms with van der Waals surface area (Å²) in [5.41, 5.74) is 2.13. The minimum atomic E-state index is 0.467. The van der Waals surface area contributed by atoms with Crippen LogP contribution in [0, 0.1) is 11.3 Å². The molecule has 0 aliphatic heterocycles. The van der Waals surface area contributed by atoms with Crippen molar-refractivity contribution >= 4 is 6.29 Å². The molecule has 0 spiro atoms. The summed E-state index contributed by atoms with van der Waals surface area (Å²) in [7, 11) is 0. The van der Waals surface area contributed by atoms with Crippen LogP contribution in [0.4, 0.5) is 0 Å². The molecule has 0 aliphatic carbocycles. The van der Waals surface area contributed by atoms with Gasteiger partial charge in [-0.2, -0.15) is 5.26 Å². The van der Waals surface area contributed by atoms with Gasteiger partial charge in [0.25, 0.3) is 0 Å². The molecule has 4 heteroatoms. The molecule has 0 aliphatic rings. The van der Waals surface area contributed by atoms with E-state index in [1.165, 1.54) is 6.26 Å². The number of carbonyl (C=O) groups excluding carboxylic acids is 1. The first-order valence-corrected chi connectivity index (χ1v) is 4.25. The third kappa shape index (κ3) is 1.63. The van der Waals surface area contributed by atoms with E-state index in [4.69, 9.17) is 9.78 Å². The molecule has 0 bridgehead atoms. The van der Waals surface area contributed by atoms with Crippen molar-refractivity contribution < 1.29 is 9.32 Å². The zero-order valence-corrected chi connectivity index (χ0v) is 7.68. The van der Waals surface area contributed by atoms with Crippen molar-refractivity contribution in [2.75, 3.05) is 0 Å². The number of hydrogen-bond acceptors (Lipinski definition) is 4. The van der Waals surface area contributed by atoms with Gasteiger partial charge >= 0.3 is 0 Å². The summed E-state index contributed by atoms with van der Waals surface area (Å²) >= 11 is 0. The lowest BCUT2D eigenvalue weighted by Crippen LogP contribution is -1.88. The van der Waals surface area contributed by atoms with Crippen LogP contribution in [-0.2, 0) is 0 Å². The number of aromatic nitrogens is 1. The van der Waals surface area contributed by atoms with Gasteiger partial charge in [-0.15, -0.1) is 0 Å². The Kier molecular flexibility index (Phi) is 2.30. The highest BCUT2D eigenvalue weighted by molar-refractivity contribution is 5.80. The van der Waals surface area contributed by atoms with Crippen molar-refractivity contribution in [1.29, 1.82) is 5.26 Å². The molecule has 0 unspecified atom stereocenters. The Morgan fingerprint density at radius 2 is 2.27 bits per heavy atom. The van der Waals surface area contributed by atoms with Crippen LogP contribution in [0.2, 0.25) is 0 Å². The van der Waals surface area contributed by atoms with Gasteiger partial charge in [-0.05, 0) is 12.1 Å². The first-order valence-electron chi connectivity index (χ1n) is 4.25. The van der Waals surface area contributed by atoms with E-state index >= 15 is 0 Å². The normalized spacial score (nSPS) is 9.53. The number of aldehydes is 1. The minimum absolute atomic E-state index is 0.467. The van der Waals surface area contributed by atoms with Gasteiger partial charge in [0.2, 0.25) is 0 Å². The van der Waals surface area contributed by atoms with Crippen LogP contribution in [0.15, 0.2) is 35.1 Å². The lowest BCUT2D eigenvalue weighted by molar-refractivity contribution is 0.112. The lowest BCUT2D eigenvalue weighted by atomic mass is 10.0. The van der Waals surface area contributed by atoms with Gasteiger partial charge < -0.3 is 4.52 Å². The molecule has 0 fully saturated rings. The van der Waals surface area contributed by atoms with Crippen molar-refractivity contribution in [2.45, 2.75) is 0 Å². The van der Waals surface area contributed by atoms with Gasteiger partial charge in [0.05, 0.1) is 11.6 Å². The summed E-state index contributed by atoms with van der Waals surface area (Å²) in [6, 6.07) is 8.48. The van der Waals surface area contributed by atoms with Crippen molar-refractivity contribution in [3.8, 4) is 17.3 Å². The number of hydrogen-bond donors (Lipinski definition) is 0. The van der Waals surface area contributed by atoms with E-state index in [9.17, 15) is 4.79 Å². The van der Waals surface area contributed by atoms with Crippen LogP contribution in [0.5, 0.6) is 0 Å². The predicted octanol–water partition coefficient (Wildman–Crippen LogP) is 2.03. The molecule has 4 nitrogen and oxygen atoms in total. The summed E-state index contributed by atoms with van der Waals surface area (Å²) in [5.74, 6) is 0. The largest absolute Gasteiger partial charge is 0.364 e. The van der Waals surface area contributed by atoms with Gasteiger partial charge in [0.15, 0.2) is 0 Å². The fourth-order valence-corrected chi connectivity index (χ4v) is 1.30. The van der Waals surface area contributed by atoms with E-state index < -0.39 is 0 Å². The molecule has 1 aromatic carbocycles. The average molecular weight is 198 g/mol. The fourth-order valence-electron chi connectivity index (χ4n) is 1.30. The van der Waals surface area contributed by atoms with Gasteiger partial charge in [-0.25, -0.2) is 0 Å². The highest BCUT2D eigenvalue weighted by Gasteiger charge is 2.08. The Bertz CT molecular complexity index is 524. The SMILES string of the molecule is N#Cc1ccc(C=O)cc1-c1ccon1.